The number of nitrogens with zero attached hydrogens (tertiary/aromatic N) is 4. The third-order valence-electron chi connectivity index (χ3n) is 4.32. The van der Waals surface area contributed by atoms with E-state index in [0.29, 0.717) is 5.92 Å². The van der Waals surface area contributed by atoms with Crippen molar-refractivity contribution in [2.24, 2.45) is 12.0 Å². The zero-order valence-corrected chi connectivity index (χ0v) is 13.2. The molecule has 5 nitrogen and oxygen atoms in total. The molecule has 1 aliphatic rings. The summed E-state index contributed by atoms with van der Waals surface area (Å²) in [6, 6.07) is 12.8. The molecule has 2 heterocycles. The van der Waals surface area contributed by atoms with Gasteiger partial charge in [-0.05, 0) is 18.1 Å². The van der Waals surface area contributed by atoms with Gasteiger partial charge in [0.05, 0.1) is 12.2 Å². The van der Waals surface area contributed by atoms with Crippen LogP contribution < -0.4 is 5.32 Å². The van der Waals surface area contributed by atoms with Crippen LogP contribution in [0.25, 0.3) is 0 Å². The summed E-state index contributed by atoms with van der Waals surface area (Å²) in [5, 5.41) is 7.63. The Morgan fingerprint density at radius 1 is 1.32 bits per heavy atom. The van der Waals surface area contributed by atoms with Crippen LogP contribution in [0, 0.1) is 0 Å². The SMILES string of the molecule is CN=C(NCc1ccnn1C)N1CCC(c2ccccc2)C1. The Morgan fingerprint density at radius 2 is 2.14 bits per heavy atom. The fourth-order valence-electron chi connectivity index (χ4n) is 3.03. The lowest BCUT2D eigenvalue weighted by Crippen LogP contribution is -2.39. The van der Waals surface area contributed by atoms with Crippen LogP contribution in [0.4, 0.5) is 0 Å². The number of likely N-dealkylation sites (tertiary alicyclic amines) is 1. The number of aromatic nitrogens is 2. The van der Waals surface area contributed by atoms with Crippen molar-refractivity contribution >= 4 is 5.96 Å². The highest BCUT2D eigenvalue weighted by Crippen LogP contribution is 2.26. The van der Waals surface area contributed by atoms with Gasteiger partial charge in [0.25, 0.3) is 0 Å². The number of rotatable bonds is 3. The Kier molecular flexibility index (Phi) is 4.42. The van der Waals surface area contributed by atoms with E-state index in [-0.39, 0.29) is 0 Å². The highest BCUT2D eigenvalue weighted by atomic mass is 15.3. The van der Waals surface area contributed by atoms with Crippen molar-refractivity contribution in [3.63, 3.8) is 0 Å². The predicted molar refractivity (Wildman–Crippen MR) is 88.8 cm³/mol. The maximum Gasteiger partial charge on any atom is 0.193 e. The van der Waals surface area contributed by atoms with Crippen molar-refractivity contribution < 1.29 is 0 Å². The third-order valence-corrected chi connectivity index (χ3v) is 4.32. The summed E-state index contributed by atoms with van der Waals surface area (Å²) in [6.07, 6.45) is 3.00. The Morgan fingerprint density at radius 3 is 2.82 bits per heavy atom. The van der Waals surface area contributed by atoms with Crippen LogP contribution in [0.3, 0.4) is 0 Å². The van der Waals surface area contributed by atoms with E-state index in [0.717, 1.165) is 31.3 Å². The molecule has 0 bridgehead atoms. The zero-order valence-electron chi connectivity index (χ0n) is 13.2. The quantitative estimate of drug-likeness (QED) is 0.696. The molecule has 1 aromatic heterocycles. The second kappa shape index (κ2) is 6.64. The maximum atomic E-state index is 4.43. The van der Waals surface area contributed by atoms with Crippen LogP contribution >= 0.6 is 0 Å². The molecule has 0 radical (unpaired) electrons. The number of hydrogen-bond acceptors (Lipinski definition) is 2. The third kappa shape index (κ3) is 3.13. The molecule has 0 saturated carbocycles. The molecular formula is C17H23N5. The molecule has 5 heteroatoms. The minimum absolute atomic E-state index is 0.594. The Bertz CT molecular complexity index is 632. The average molecular weight is 297 g/mol. The Hall–Kier alpha value is -2.30. The molecule has 1 aromatic carbocycles. The molecule has 22 heavy (non-hydrogen) atoms. The number of benzene rings is 1. The molecule has 116 valence electrons. The van der Waals surface area contributed by atoms with Gasteiger partial charge in [0, 0.05) is 39.3 Å². The highest BCUT2D eigenvalue weighted by molar-refractivity contribution is 5.80. The smallest absolute Gasteiger partial charge is 0.193 e. The summed E-state index contributed by atoms with van der Waals surface area (Å²) in [6.45, 7) is 2.81. The molecule has 0 amide bonds. The monoisotopic (exact) mass is 297 g/mol. The van der Waals surface area contributed by atoms with E-state index in [2.05, 4.69) is 50.6 Å². The van der Waals surface area contributed by atoms with Gasteiger partial charge in [-0.25, -0.2) is 0 Å². The van der Waals surface area contributed by atoms with Gasteiger partial charge in [0.2, 0.25) is 0 Å². The standard InChI is InChI=1S/C17H23N5/c1-18-17(19-12-16-8-10-20-21(16)2)22-11-9-15(13-22)14-6-4-3-5-7-14/h3-8,10,15H,9,11-13H2,1-2H3,(H,18,19). The van der Waals surface area contributed by atoms with Crippen LogP contribution in [0.5, 0.6) is 0 Å². The molecule has 1 aliphatic heterocycles. The van der Waals surface area contributed by atoms with Gasteiger partial charge in [-0.2, -0.15) is 5.10 Å². The lowest BCUT2D eigenvalue weighted by Gasteiger charge is -2.21. The molecule has 2 aromatic rings. The van der Waals surface area contributed by atoms with Gasteiger partial charge in [-0.3, -0.25) is 9.67 Å². The van der Waals surface area contributed by atoms with Crippen LogP contribution in [-0.4, -0.2) is 40.8 Å². The first-order valence-electron chi connectivity index (χ1n) is 7.75. The fraction of sp³-hybridized carbons (Fsp3) is 0.412. The van der Waals surface area contributed by atoms with E-state index in [1.165, 1.54) is 12.0 Å². The zero-order chi connectivity index (χ0) is 15.4. The molecule has 0 spiro atoms. The molecular weight excluding hydrogens is 274 g/mol. The number of aliphatic imine (C=N–C) groups is 1. The van der Waals surface area contributed by atoms with Gasteiger partial charge >= 0.3 is 0 Å². The van der Waals surface area contributed by atoms with E-state index < -0.39 is 0 Å². The predicted octanol–water partition coefficient (Wildman–Crippen LogP) is 1.98. The second-order valence-electron chi connectivity index (χ2n) is 5.69. The normalized spacial score (nSPS) is 18.7. The minimum atomic E-state index is 0.594. The number of guanidine groups is 1. The molecule has 0 aliphatic carbocycles. The number of nitrogens with one attached hydrogen (secondary N) is 1. The molecule has 1 atom stereocenters. The molecule has 1 N–H and O–H groups in total. The van der Waals surface area contributed by atoms with Crippen LogP contribution in [-0.2, 0) is 13.6 Å². The Balaban J connectivity index is 1.60. The lowest BCUT2D eigenvalue weighted by atomic mass is 9.99. The molecule has 1 saturated heterocycles. The molecule has 1 fully saturated rings. The largest absolute Gasteiger partial charge is 0.351 e. The van der Waals surface area contributed by atoms with Crippen LogP contribution in [0.1, 0.15) is 23.6 Å². The molecule has 3 rings (SSSR count). The summed E-state index contributed by atoms with van der Waals surface area (Å²) in [4.78, 5) is 6.77. The first-order valence-corrected chi connectivity index (χ1v) is 7.75. The summed E-state index contributed by atoms with van der Waals surface area (Å²) >= 11 is 0. The van der Waals surface area contributed by atoms with Gasteiger partial charge in [-0.1, -0.05) is 30.3 Å². The second-order valence-corrected chi connectivity index (χ2v) is 5.69. The van der Waals surface area contributed by atoms with Crippen molar-refractivity contribution in [1.82, 2.24) is 20.0 Å². The van der Waals surface area contributed by atoms with Crippen molar-refractivity contribution in [3.8, 4) is 0 Å². The van der Waals surface area contributed by atoms with E-state index in [4.69, 9.17) is 0 Å². The topological polar surface area (TPSA) is 45.5 Å². The van der Waals surface area contributed by atoms with E-state index in [1.807, 2.05) is 31.0 Å². The summed E-state index contributed by atoms with van der Waals surface area (Å²) in [5.74, 6) is 1.57. The van der Waals surface area contributed by atoms with E-state index in [1.54, 1.807) is 0 Å². The number of aryl methyl sites for hydroxylation is 1. The highest BCUT2D eigenvalue weighted by Gasteiger charge is 2.25. The summed E-state index contributed by atoms with van der Waals surface area (Å²) in [7, 11) is 3.81. The first kappa shape index (κ1) is 14.6. The van der Waals surface area contributed by atoms with Crippen LogP contribution in [0.2, 0.25) is 0 Å². The van der Waals surface area contributed by atoms with Crippen molar-refractivity contribution in [1.29, 1.82) is 0 Å². The summed E-state index contributed by atoms with van der Waals surface area (Å²) < 4.78 is 1.89. The van der Waals surface area contributed by atoms with Crippen molar-refractivity contribution in [3.05, 3.63) is 53.9 Å². The minimum Gasteiger partial charge on any atom is -0.351 e. The summed E-state index contributed by atoms with van der Waals surface area (Å²) in [5.41, 5.74) is 2.58. The fourth-order valence-corrected chi connectivity index (χ4v) is 3.03. The van der Waals surface area contributed by atoms with Crippen LogP contribution in [0.15, 0.2) is 47.6 Å². The van der Waals surface area contributed by atoms with E-state index in [9.17, 15) is 0 Å². The van der Waals surface area contributed by atoms with E-state index >= 15 is 0 Å². The lowest BCUT2D eigenvalue weighted by molar-refractivity contribution is 0.483. The van der Waals surface area contributed by atoms with Gasteiger partial charge in [0.15, 0.2) is 5.96 Å². The van der Waals surface area contributed by atoms with Crippen molar-refractivity contribution in [2.45, 2.75) is 18.9 Å². The number of hydrogen-bond donors (Lipinski definition) is 1. The van der Waals surface area contributed by atoms with Gasteiger partial charge < -0.3 is 10.2 Å². The maximum absolute atomic E-state index is 4.43. The van der Waals surface area contributed by atoms with Gasteiger partial charge in [-0.15, -0.1) is 0 Å². The molecule has 1 unspecified atom stereocenters. The van der Waals surface area contributed by atoms with Crippen molar-refractivity contribution in [2.75, 3.05) is 20.1 Å². The van der Waals surface area contributed by atoms with Gasteiger partial charge in [0.1, 0.15) is 0 Å². The Labute approximate surface area is 131 Å². The first-order chi connectivity index (χ1) is 10.8. The average Bonchev–Trinajstić information content (AvgIpc) is 3.19.